The molecule has 0 saturated carbocycles. The Kier molecular flexibility index (Phi) is 3.69. The second kappa shape index (κ2) is 5.06. The van der Waals surface area contributed by atoms with Gasteiger partial charge in [0.25, 0.3) is 0 Å². The Balaban J connectivity index is 2.18. The fourth-order valence-electron chi connectivity index (χ4n) is 1.42. The molecule has 0 radical (unpaired) electrons. The molecular formula is C12H9BrFNOS. The molecule has 0 aliphatic rings. The first-order valence-electron chi connectivity index (χ1n) is 4.95. The minimum atomic E-state index is -0.375. The van der Waals surface area contributed by atoms with Crippen molar-refractivity contribution < 1.29 is 9.18 Å². The lowest BCUT2D eigenvalue weighted by Gasteiger charge is -2.01. The maximum atomic E-state index is 13.5. The largest absolute Gasteiger partial charge is 0.292 e. The van der Waals surface area contributed by atoms with Crippen molar-refractivity contribution in [2.24, 2.45) is 0 Å². The Morgan fingerprint density at radius 3 is 2.88 bits per heavy atom. The predicted molar refractivity (Wildman–Crippen MR) is 69.0 cm³/mol. The third-order valence-electron chi connectivity index (χ3n) is 2.27. The van der Waals surface area contributed by atoms with Crippen LogP contribution in [0.25, 0.3) is 0 Å². The number of aryl methyl sites for hydroxylation is 1. The van der Waals surface area contributed by atoms with Gasteiger partial charge in [0.15, 0.2) is 5.78 Å². The van der Waals surface area contributed by atoms with Crippen molar-refractivity contribution >= 4 is 33.0 Å². The van der Waals surface area contributed by atoms with Crippen LogP contribution in [-0.4, -0.2) is 10.8 Å². The highest BCUT2D eigenvalue weighted by molar-refractivity contribution is 9.10. The molecule has 2 rings (SSSR count). The molecule has 0 fully saturated rings. The van der Waals surface area contributed by atoms with E-state index < -0.39 is 0 Å². The van der Waals surface area contributed by atoms with Crippen molar-refractivity contribution in [1.29, 1.82) is 0 Å². The first-order valence-corrected chi connectivity index (χ1v) is 6.63. The Labute approximate surface area is 111 Å². The SMILES string of the molecule is Cc1nc(C(=O)Cc2ccc(Br)cc2F)cs1. The summed E-state index contributed by atoms with van der Waals surface area (Å²) in [4.78, 5) is 15.9. The molecule has 0 spiro atoms. The number of nitrogens with zero attached hydrogens (tertiary/aromatic N) is 1. The number of hydrogen-bond acceptors (Lipinski definition) is 3. The third-order valence-corrected chi connectivity index (χ3v) is 3.54. The van der Waals surface area contributed by atoms with Gasteiger partial charge in [0.1, 0.15) is 11.5 Å². The maximum absolute atomic E-state index is 13.5. The van der Waals surface area contributed by atoms with E-state index in [1.807, 2.05) is 6.92 Å². The monoisotopic (exact) mass is 313 g/mol. The predicted octanol–water partition coefficient (Wildman–Crippen LogP) is 3.78. The summed E-state index contributed by atoms with van der Waals surface area (Å²) in [7, 11) is 0. The van der Waals surface area contributed by atoms with E-state index in [4.69, 9.17) is 0 Å². The maximum Gasteiger partial charge on any atom is 0.186 e. The Morgan fingerprint density at radius 2 is 2.29 bits per heavy atom. The number of carbonyl (C=O) groups is 1. The van der Waals surface area contributed by atoms with E-state index in [1.54, 1.807) is 17.5 Å². The molecule has 1 aromatic carbocycles. The molecule has 0 amide bonds. The zero-order valence-corrected chi connectivity index (χ0v) is 11.4. The lowest BCUT2D eigenvalue weighted by molar-refractivity contribution is 0.0987. The van der Waals surface area contributed by atoms with Gasteiger partial charge in [-0.15, -0.1) is 11.3 Å². The van der Waals surface area contributed by atoms with E-state index in [1.165, 1.54) is 17.4 Å². The van der Waals surface area contributed by atoms with E-state index >= 15 is 0 Å². The van der Waals surface area contributed by atoms with Crippen LogP contribution in [0.3, 0.4) is 0 Å². The number of aromatic nitrogens is 1. The van der Waals surface area contributed by atoms with Gasteiger partial charge in [0, 0.05) is 16.3 Å². The highest BCUT2D eigenvalue weighted by atomic mass is 79.9. The molecule has 0 saturated heterocycles. The fourth-order valence-corrected chi connectivity index (χ4v) is 2.37. The van der Waals surface area contributed by atoms with Crippen LogP contribution < -0.4 is 0 Å². The van der Waals surface area contributed by atoms with Crippen molar-refractivity contribution in [1.82, 2.24) is 4.98 Å². The number of Topliss-reactive ketones (excluding diaryl/α,β-unsaturated/α-hetero) is 1. The van der Waals surface area contributed by atoms with Crippen LogP contribution in [-0.2, 0) is 6.42 Å². The first kappa shape index (κ1) is 12.4. The number of thiazole rings is 1. The average molecular weight is 314 g/mol. The molecule has 2 nitrogen and oxygen atoms in total. The van der Waals surface area contributed by atoms with Crippen LogP contribution >= 0.6 is 27.3 Å². The van der Waals surface area contributed by atoms with Crippen LogP contribution in [0.4, 0.5) is 4.39 Å². The molecule has 2 aromatic rings. The number of benzene rings is 1. The van der Waals surface area contributed by atoms with Gasteiger partial charge in [-0.05, 0) is 24.6 Å². The highest BCUT2D eigenvalue weighted by Crippen LogP contribution is 2.17. The number of ketones is 1. The third kappa shape index (κ3) is 2.98. The van der Waals surface area contributed by atoms with E-state index in [2.05, 4.69) is 20.9 Å². The van der Waals surface area contributed by atoms with Gasteiger partial charge in [-0.25, -0.2) is 9.37 Å². The number of rotatable bonds is 3. The summed E-state index contributed by atoms with van der Waals surface area (Å²) in [6.45, 7) is 1.83. The van der Waals surface area contributed by atoms with Gasteiger partial charge in [-0.2, -0.15) is 0 Å². The molecular weight excluding hydrogens is 305 g/mol. The molecule has 5 heteroatoms. The zero-order valence-electron chi connectivity index (χ0n) is 9.04. The Hall–Kier alpha value is -1.07. The fraction of sp³-hybridized carbons (Fsp3) is 0.167. The van der Waals surface area contributed by atoms with E-state index in [-0.39, 0.29) is 18.0 Å². The molecule has 0 N–H and O–H groups in total. The summed E-state index contributed by atoms with van der Waals surface area (Å²) in [5.41, 5.74) is 0.804. The second-order valence-corrected chi connectivity index (χ2v) is 5.57. The molecule has 0 atom stereocenters. The average Bonchev–Trinajstić information content (AvgIpc) is 2.69. The minimum absolute atomic E-state index is 0.0439. The quantitative estimate of drug-likeness (QED) is 0.807. The lowest BCUT2D eigenvalue weighted by atomic mass is 10.1. The molecule has 17 heavy (non-hydrogen) atoms. The lowest BCUT2D eigenvalue weighted by Crippen LogP contribution is -2.05. The van der Waals surface area contributed by atoms with E-state index in [0.29, 0.717) is 15.7 Å². The molecule has 0 aliphatic carbocycles. The van der Waals surface area contributed by atoms with E-state index in [0.717, 1.165) is 5.01 Å². The van der Waals surface area contributed by atoms with Gasteiger partial charge in [-0.1, -0.05) is 22.0 Å². The molecule has 1 heterocycles. The van der Waals surface area contributed by atoms with Gasteiger partial charge in [-0.3, -0.25) is 4.79 Å². The van der Waals surface area contributed by atoms with E-state index in [9.17, 15) is 9.18 Å². The van der Waals surface area contributed by atoms with Gasteiger partial charge in [0.05, 0.1) is 5.01 Å². The van der Waals surface area contributed by atoms with Crippen molar-refractivity contribution in [3.8, 4) is 0 Å². The molecule has 0 unspecified atom stereocenters. The van der Waals surface area contributed by atoms with Crippen molar-refractivity contribution in [3.63, 3.8) is 0 Å². The topological polar surface area (TPSA) is 30.0 Å². The van der Waals surface area contributed by atoms with Crippen LogP contribution in [0.1, 0.15) is 21.1 Å². The number of carbonyl (C=O) groups excluding carboxylic acids is 1. The first-order chi connectivity index (χ1) is 8.06. The Morgan fingerprint density at radius 1 is 1.53 bits per heavy atom. The number of hydrogen-bond donors (Lipinski definition) is 0. The Bertz CT molecular complexity index is 567. The van der Waals surface area contributed by atoms with Crippen molar-refractivity contribution in [2.75, 3.05) is 0 Å². The smallest absolute Gasteiger partial charge is 0.186 e. The molecule has 88 valence electrons. The normalized spacial score (nSPS) is 10.5. The van der Waals surface area contributed by atoms with Gasteiger partial charge < -0.3 is 0 Å². The van der Waals surface area contributed by atoms with Crippen LogP contribution in [0.5, 0.6) is 0 Å². The van der Waals surface area contributed by atoms with Gasteiger partial charge in [0.2, 0.25) is 0 Å². The molecule has 0 bridgehead atoms. The zero-order chi connectivity index (χ0) is 12.4. The summed E-state index contributed by atoms with van der Waals surface area (Å²) < 4.78 is 14.2. The summed E-state index contributed by atoms with van der Waals surface area (Å²) in [6.07, 6.45) is 0.0439. The second-order valence-electron chi connectivity index (χ2n) is 3.59. The molecule has 0 aliphatic heterocycles. The van der Waals surface area contributed by atoms with Gasteiger partial charge >= 0.3 is 0 Å². The minimum Gasteiger partial charge on any atom is -0.292 e. The van der Waals surface area contributed by atoms with Crippen LogP contribution in [0.15, 0.2) is 28.1 Å². The van der Waals surface area contributed by atoms with Crippen molar-refractivity contribution in [3.05, 3.63) is 50.1 Å². The summed E-state index contributed by atoms with van der Waals surface area (Å²) in [5, 5.41) is 2.54. The standard InChI is InChI=1S/C12H9BrFNOS/c1-7-15-11(6-17-7)12(16)4-8-2-3-9(13)5-10(8)14/h2-3,5-6H,4H2,1H3. The van der Waals surface area contributed by atoms with Crippen LogP contribution in [0, 0.1) is 12.7 Å². The van der Waals surface area contributed by atoms with Crippen LogP contribution in [0.2, 0.25) is 0 Å². The summed E-state index contributed by atoms with van der Waals surface area (Å²) >= 11 is 4.59. The highest BCUT2D eigenvalue weighted by Gasteiger charge is 2.13. The summed E-state index contributed by atoms with van der Waals surface area (Å²) in [6, 6.07) is 4.68. The molecule has 1 aromatic heterocycles. The van der Waals surface area contributed by atoms with Crippen molar-refractivity contribution in [2.45, 2.75) is 13.3 Å². The number of halogens is 2. The summed E-state index contributed by atoms with van der Waals surface area (Å²) in [5.74, 6) is -0.532.